The molecule has 0 unspecified atom stereocenters. The zero-order valence-corrected chi connectivity index (χ0v) is 15.2. The number of halogens is 2. The van der Waals surface area contributed by atoms with Gasteiger partial charge >= 0.3 is 5.97 Å². The van der Waals surface area contributed by atoms with Crippen LogP contribution >= 0.6 is 23.2 Å². The third-order valence-electron chi connectivity index (χ3n) is 3.43. The van der Waals surface area contributed by atoms with Gasteiger partial charge in [0.05, 0.1) is 28.4 Å². The number of para-hydroxylation sites is 1. The Morgan fingerprint density at radius 2 is 1.85 bits per heavy atom. The first-order chi connectivity index (χ1) is 12.6. The van der Waals surface area contributed by atoms with Crippen molar-refractivity contribution in [1.82, 2.24) is 9.97 Å². The fourth-order valence-electron chi connectivity index (χ4n) is 2.21. The van der Waals surface area contributed by atoms with E-state index in [1.54, 1.807) is 54.7 Å². The first-order valence-corrected chi connectivity index (χ1v) is 8.32. The summed E-state index contributed by atoms with van der Waals surface area (Å²) in [5.74, 6) is 0.432. The predicted molar refractivity (Wildman–Crippen MR) is 103 cm³/mol. The van der Waals surface area contributed by atoms with Crippen molar-refractivity contribution >= 4 is 52.3 Å². The Morgan fingerprint density at radius 3 is 2.62 bits per heavy atom. The highest BCUT2D eigenvalue weighted by molar-refractivity contribution is 6.42. The lowest BCUT2D eigenvalue weighted by atomic mass is 10.2. The molecule has 2 aromatic carbocycles. The summed E-state index contributed by atoms with van der Waals surface area (Å²) < 4.78 is 4.78. The van der Waals surface area contributed by atoms with E-state index in [0.717, 1.165) is 5.69 Å². The molecule has 0 fully saturated rings. The highest BCUT2D eigenvalue weighted by atomic mass is 35.5. The first kappa shape index (κ1) is 18.0. The van der Waals surface area contributed by atoms with Crippen LogP contribution in [-0.2, 0) is 4.74 Å². The van der Waals surface area contributed by atoms with Crippen LogP contribution in [0.2, 0.25) is 10.0 Å². The monoisotopic (exact) mass is 388 g/mol. The zero-order valence-electron chi connectivity index (χ0n) is 13.7. The van der Waals surface area contributed by atoms with Crippen LogP contribution in [0, 0.1) is 0 Å². The summed E-state index contributed by atoms with van der Waals surface area (Å²) in [6.45, 7) is 0. The van der Waals surface area contributed by atoms with Crippen molar-refractivity contribution in [2.24, 2.45) is 0 Å². The van der Waals surface area contributed by atoms with E-state index in [4.69, 9.17) is 27.9 Å². The van der Waals surface area contributed by atoms with Crippen LogP contribution in [0.25, 0.3) is 0 Å². The molecule has 0 aliphatic rings. The molecule has 0 aliphatic heterocycles. The Kier molecular flexibility index (Phi) is 5.55. The summed E-state index contributed by atoms with van der Waals surface area (Å²) in [7, 11) is 1.33. The van der Waals surface area contributed by atoms with Crippen LogP contribution in [0.3, 0.4) is 0 Å². The van der Waals surface area contributed by atoms with Gasteiger partial charge in [0, 0.05) is 11.9 Å². The number of nitrogens with zero attached hydrogens (tertiary/aromatic N) is 2. The predicted octanol–water partition coefficient (Wildman–Crippen LogP) is 5.06. The quantitative estimate of drug-likeness (QED) is 0.595. The van der Waals surface area contributed by atoms with Gasteiger partial charge in [-0.1, -0.05) is 35.3 Å². The van der Waals surface area contributed by atoms with E-state index in [0.29, 0.717) is 33.1 Å². The minimum absolute atomic E-state index is 0.325. The number of carbonyl (C=O) groups is 1. The van der Waals surface area contributed by atoms with Crippen molar-refractivity contribution in [3.8, 4) is 0 Å². The van der Waals surface area contributed by atoms with Gasteiger partial charge in [0.1, 0.15) is 5.82 Å². The Bertz CT molecular complexity index is 950. The van der Waals surface area contributed by atoms with Crippen molar-refractivity contribution in [3.05, 3.63) is 70.3 Å². The molecule has 0 saturated carbocycles. The second-order valence-electron chi connectivity index (χ2n) is 5.18. The Morgan fingerprint density at radius 1 is 1.04 bits per heavy atom. The van der Waals surface area contributed by atoms with E-state index >= 15 is 0 Å². The molecule has 26 heavy (non-hydrogen) atoms. The molecule has 3 aromatic rings. The van der Waals surface area contributed by atoms with Crippen LogP contribution in [0.4, 0.5) is 23.1 Å². The highest BCUT2D eigenvalue weighted by Gasteiger charge is 2.12. The van der Waals surface area contributed by atoms with E-state index in [1.165, 1.54) is 7.11 Å². The Hall–Kier alpha value is -2.83. The van der Waals surface area contributed by atoms with Crippen molar-refractivity contribution in [2.45, 2.75) is 0 Å². The normalized spacial score (nSPS) is 10.3. The molecular weight excluding hydrogens is 375 g/mol. The second-order valence-corrected chi connectivity index (χ2v) is 6.00. The summed E-state index contributed by atoms with van der Waals surface area (Å²) in [4.78, 5) is 20.4. The van der Waals surface area contributed by atoms with Gasteiger partial charge in [-0.05, 0) is 36.4 Å². The molecule has 1 heterocycles. The van der Waals surface area contributed by atoms with Gasteiger partial charge in [-0.15, -0.1) is 0 Å². The number of rotatable bonds is 5. The molecule has 1 aromatic heterocycles. The van der Waals surface area contributed by atoms with E-state index in [2.05, 4.69) is 20.6 Å². The summed E-state index contributed by atoms with van der Waals surface area (Å²) in [5.41, 5.74) is 1.67. The minimum Gasteiger partial charge on any atom is -0.465 e. The van der Waals surface area contributed by atoms with E-state index in [9.17, 15) is 4.79 Å². The van der Waals surface area contributed by atoms with Crippen LogP contribution in [0.1, 0.15) is 10.4 Å². The first-order valence-electron chi connectivity index (χ1n) is 7.56. The number of benzene rings is 2. The molecule has 0 amide bonds. The summed E-state index contributed by atoms with van der Waals surface area (Å²) in [6.07, 6.45) is 1.59. The molecular formula is C18H14Cl2N4O2. The molecule has 8 heteroatoms. The lowest BCUT2D eigenvalue weighted by Crippen LogP contribution is -2.07. The SMILES string of the molecule is COC(=O)c1ccccc1Nc1nccc(Nc2ccc(Cl)c(Cl)c2)n1. The number of esters is 1. The van der Waals surface area contributed by atoms with E-state index in [1.807, 2.05) is 0 Å². The van der Waals surface area contributed by atoms with Gasteiger partial charge in [0.25, 0.3) is 0 Å². The number of ether oxygens (including phenoxy) is 1. The Balaban J connectivity index is 1.82. The number of methoxy groups -OCH3 is 1. The van der Waals surface area contributed by atoms with Crippen molar-refractivity contribution in [1.29, 1.82) is 0 Å². The number of aromatic nitrogens is 2. The standard InChI is InChI=1S/C18H14Cl2N4O2/c1-26-17(25)12-4-2-3-5-15(12)23-18-21-9-8-16(24-18)22-11-6-7-13(19)14(20)10-11/h2-10H,1H3,(H2,21,22,23,24). The van der Waals surface area contributed by atoms with Gasteiger partial charge < -0.3 is 15.4 Å². The van der Waals surface area contributed by atoms with Crippen LogP contribution < -0.4 is 10.6 Å². The number of hydrogen-bond donors (Lipinski definition) is 2. The minimum atomic E-state index is -0.446. The summed E-state index contributed by atoms with van der Waals surface area (Å²) in [5, 5.41) is 7.06. The maximum atomic E-state index is 11.9. The van der Waals surface area contributed by atoms with E-state index in [-0.39, 0.29) is 0 Å². The van der Waals surface area contributed by atoms with Gasteiger partial charge in [-0.25, -0.2) is 9.78 Å². The lowest BCUT2D eigenvalue weighted by molar-refractivity contribution is 0.0602. The van der Waals surface area contributed by atoms with Gasteiger partial charge in [-0.2, -0.15) is 4.98 Å². The largest absolute Gasteiger partial charge is 0.465 e. The molecule has 0 radical (unpaired) electrons. The zero-order chi connectivity index (χ0) is 18.5. The second kappa shape index (κ2) is 8.03. The fraction of sp³-hybridized carbons (Fsp3) is 0.0556. The van der Waals surface area contributed by atoms with E-state index < -0.39 is 5.97 Å². The topological polar surface area (TPSA) is 76.1 Å². The van der Waals surface area contributed by atoms with Gasteiger partial charge in [0.15, 0.2) is 0 Å². The molecule has 0 atom stereocenters. The van der Waals surface area contributed by atoms with Crippen molar-refractivity contribution in [2.75, 3.05) is 17.7 Å². The molecule has 0 aliphatic carbocycles. The fourth-order valence-corrected chi connectivity index (χ4v) is 2.51. The molecule has 0 bridgehead atoms. The maximum absolute atomic E-state index is 11.9. The summed E-state index contributed by atoms with van der Waals surface area (Å²) in [6, 6.07) is 13.8. The molecule has 0 spiro atoms. The lowest BCUT2D eigenvalue weighted by Gasteiger charge is -2.11. The Labute approximate surface area is 160 Å². The van der Waals surface area contributed by atoms with Crippen molar-refractivity contribution < 1.29 is 9.53 Å². The number of carbonyl (C=O) groups excluding carboxylic acids is 1. The average Bonchev–Trinajstić information content (AvgIpc) is 2.65. The third kappa shape index (κ3) is 4.22. The molecule has 3 rings (SSSR count). The highest BCUT2D eigenvalue weighted by Crippen LogP contribution is 2.27. The van der Waals surface area contributed by atoms with Crippen LogP contribution in [0.15, 0.2) is 54.7 Å². The van der Waals surface area contributed by atoms with Crippen LogP contribution in [0.5, 0.6) is 0 Å². The molecule has 6 nitrogen and oxygen atoms in total. The smallest absolute Gasteiger partial charge is 0.339 e. The third-order valence-corrected chi connectivity index (χ3v) is 4.17. The maximum Gasteiger partial charge on any atom is 0.339 e. The van der Waals surface area contributed by atoms with Crippen molar-refractivity contribution in [3.63, 3.8) is 0 Å². The number of hydrogen-bond acceptors (Lipinski definition) is 6. The number of nitrogens with one attached hydrogen (secondary N) is 2. The van der Waals surface area contributed by atoms with Gasteiger partial charge in [0.2, 0.25) is 5.95 Å². The molecule has 132 valence electrons. The average molecular weight is 389 g/mol. The molecule has 2 N–H and O–H groups in total. The van der Waals surface area contributed by atoms with Crippen LogP contribution in [-0.4, -0.2) is 23.0 Å². The number of anilines is 4. The summed E-state index contributed by atoms with van der Waals surface area (Å²) >= 11 is 11.9. The molecule has 0 saturated heterocycles. The van der Waals surface area contributed by atoms with Gasteiger partial charge in [-0.3, -0.25) is 0 Å².